The van der Waals surface area contributed by atoms with E-state index in [0.717, 1.165) is 31.9 Å². The van der Waals surface area contributed by atoms with Crippen LogP contribution in [0.25, 0.3) is 0 Å². The number of benzene rings is 1. The normalized spacial score (nSPS) is 10.6. The van der Waals surface area contributed by atoms with Gasteiger partial charge in [-0.15, -0.1) is 0 Å². The highest BCUT2D eigenvalue weighted by Crippen LogP contribution is 2.13. The van der Waals surface area contributed by atoms with Gasteiger partial charge in [-0.05, 0) is 37.1 Å². The van der Waals surface area contributed by atoms with Gasteiger partial charge < -0.3 is 10.1 Å². The Kier molecular flexibility index (Phi) is 9.17. The molecule has 2 heteroatoms. The lowest BCUT2D eigenvalue weighted by Crippen LogP contribution is -2.14. The first kappa shape index (κ1) is 16.0. The second-order valence-corrected chi connectivity index (χ2v) is 5.09. The molecule has 0 aliphatic heterocycles. The van der Waals surface area contributed by atoms with E-state index in [0.29, 0.717) is 0 Å². The Hall–Kier alpha value is -1.02. The zero-order valence-electron chi connectivity index (χ0n) is 12.6. The highest BCUT2D eigenvalue weighted by molar-refractivity contribution is 5.28. The molecule has 108 valence electrons. The number of ether oxygens (including phenoxy) is 1. The van der Waals surface area contributed by atoms with Gasteiger partial charge in [0.15, 0.2) is 0 Å². The van der Waals surface area contributed by atoms with Crippen LogP contribution >= 0.6 is 0 Å². The summed E-state index contributed by atoms with van der Waals surface area (Å²) < 4.78 is 5.72. The van der Waals surface area contributed by atoms with Crippen molar-refractivity contribution in [2.75, 3.05) is 13.2 Å². The maximum atomic E-state index is 5.72. The molecule has 0 bridgehead atoms. The van der Waals surface area contributed by atoms with Crippen molar-refractivity contribution in [1.29, 1.82) is 0 Å². The Labute approximate surface area is 118 Å². The minimum absolute atomic E-state index is 0.824. The number of nitrogens with one attached hydrogen (secondary N) is 1. The summed E-state index contributed by atoms with van der Waals surface area (Å²) in [6.45, 7) is 7.31. The minimum Gasteiger partial charge on any atom is -0.494 e. The number of hydrogen-bond acceptors (Lipinski definition) is 2. The van der Waals surface area contributed by atoms with Gasteiger partial charge in [-0.2, -0.15) is 0 Å². The SMILES string of the molecule is CCCCCCNCc1cccc(OCCCC)c1. The van der Waals surface area contributed by atoms with Crippen LogP contribution in [0.1, 0.15) is 57.9 Å². The molecule has 0 unspecified atom stereocenters. The van der Waals surface area contributed by atoms with Gasteiger partial charge in [-0.1, -0.05) is 51.7 Å². The van der Waals surface area contributed by atoms with Crippen LogP contribution in [-0.2, 0) is 6.54 Å². The van der Waals surface area contributed by atoms with Gasteiger partial charge in [-0.3, -0.25) is 0 Å². The van der Waals surface area contributed by atoms with Crippen molar-refractivity contribution < 1.29 is 4.74 Å². The third-order valence-electron chi connectivity index (χ3n) is 3.20. The molecular formula is C17H29NO. The summed E-state index contributed by atoms with van der Waals surface area (Å²) in [4.78, 5) is 0. The molecule has 0 fully saturated rings. The molecule has 1 rings (SSSR count). The maximum absolute atomic E-state index is 5.72. The molecule has 0 saturated carbocycles. The smallest absolute Gasteiger partial charge is 0.119 e. The molecule has 19 heavy (non-hydrogen) atoms. The molecule has 1 aromatic carbocycles. The van der Waals surface area contributed by atoms with E-state index in [-0.39, 0.29) is 0 Å². The van der Waals surface area contributed by atoms with Gasteiger partial charge >= 0.3 is 0 Å². The van der Waals surface area contributed by atoms with Crippen molar-refractivity contribution in [2.24, 2.45) is 0 Å². The quantitative estimate of drug-likeness (QED) is 0.592. The average molecular weight is 263 g/mol. The van der Waals surface area contributed by atoms with Crippen LogP contribution in [-0.4, -0.2) is 13.2 Å². The molecular weight excluding hydrogens is 234 g/mol. The van der Waals surface area contributed by atoms with Crippen LogP contribution in [0.3, 0.4) is 0 Å². The van der Waals surface area contributed by atoms with Crippen molar-refractivity contribution in [3.8, 4) is 5.75 Å². The predicted octanol–water partition coefficient (Wildman–Crippen LogP) is 4.54. The Balaban J connectivity index is 2.20. The number of unbranched alkanes of at least 4 members (excludes halogenated alkanes) is 4. The summed E-state index contributed by atoms with van der Waals surface area (Å²) in [6.07, 6.45) is 7.57. The van der Waals surface area contributed by atoms with E-state index in [1.165, 1.54) is 37.7 Å². The molecule has 0 radical (unpaired) electrons. The Bertz CT molecular complexity index is 325. The highest BCUT2D eigenvalue weighted by Gasteiger charge is 1.97. The lowest BCUT2D eigenvalue weighted by molar-refractivity contribution is 0.309. The minimum atomic E-state index is 0.824. The van der Waals surface area contributed by atoms with E-state index in [1.807, 2.05) is 6.07 Å². The monoisotopic (exact) mass is 263 g/mol. The van der Waals surface area contributed by atoms with Crippen LogP contribution in [0, 0.1) is 0 Å². The van der Waals surface area contributed by atoms with Crippen LogP contribution in [0.5, 0.6) is 5.75 Å². The van der Waals surface area contributed by atoms with Gasteiger partial charge in [0.1, 0.15) is 5.75 Å². The van der Waals surface area contributed by atoms with E-state index in [1.54, 1.807) is 0 Å². The van der Waals surface area contributed by atoms with Gasteiger partial charge in [-0.25, -0.2) is 0 Å². The number of hydrogen-bond donors (Lipinski definition) is 1. The molecule has 1 aromatic rings. The van der Waals surface area contributed by atoms with Crippen molar-refractivity contribution >= 4 is 0 Å². The standard InChI is InChI=1S/C17H29NO/c1-3-5-7-8-12-18-15-16-10-9-11-17(14-16)19-13-6-4-2/h9-11,14,18H,3-8,12-13,15H2,1-2H3. The van der Waals surface area contributed by atoms with Crippen molar-refractivity contribution in [2.45, 2.75) is 58.9 Å². The molecule has 0 aliphatic rings. The zero-order valence-corrected chi connectivity index (χ0v) is 12.6. The second-order valence-electron chi connectivity index (χ2n) is 5.09. The fourth-order valence-corrected chi connectivity index (χ4v) is 1.99. The van der Waals surface area contributed by atoms with Crippen LogP contribution in [0.4, 0.5) is 0 Å². The second kappa shape index (κ2) is 10.9. The lowest BCUT2D eigenvalue weighted by atomic mass is 10.2. The molecule has 1 N–H and O–H groups in total. The first-order chi connectivity index (χ1) is 9.36. The lowest BCUT2D eigenvalue weighted by Gasteiger charge is -2.08. The Morgan fingerprint density at radius 2 is 1.84 bits per heavy atom. The summed E-state index contributed by atoms with van der Waals surface area (Å²) in [5.74, 6) is 0.999. The van der Waals surface area contributed by atoms with Gasteiger partial charge in [0.2, 0.25) is 0 Å². The molecule has 2 nitrogen and oxygen atoms in total. The zero-order chi connectivity index (χ0) is 13.8. The third kappa shape index (κ3) is 7.89. The molecule has 0 heterocycles. The third-order valence-corrected chi connectivity index (χ3v) is 3.20. The van der Waals surface area contributed by atoms with E-state index in [9.17, 15) is 0 Å². The summed E-state index contributed by atoms with van der Waals surface area (Å²) in [5.41, 5.74) is 1.31. The largest absolute Gasteiger partial charge is 0.494 e. The summed E-state index contributed by atoms with van der Waals surface area (Å²) in [7, 11) is 0. The topological polar surface area (TPSA) is 21.3 Å². The molecule has 0 aliphatic carbocycles. The van der Waals surface area contributed by atoms with Gasteiger partial charge in [0, 0.05) is 6.54 Å². The summed E-state index contributed by atoms with van der Waals surface area (Å²) >= 11 is 0. The highest BCUT2D eigenvalue weighted by atomic mass is 16.5. The Morgan fingerprint density at radius 1 is 1.00 bits per heavy atom. The fourth-order valence-electron chi connectivity index (χ4n) is 1.99. The Morgan fingerprint density at radius 3 is 2.63 bits per heavy atom. The first-order valence-electron chi connectivity index (χ1n) is 7.79. The van der Waals surface area contributed by atoms with E-state index in [4.69, 9.17) is 4.74 Å². The van der Waals surface area contributed by atoms with Gasteiger partial charge in [0.05, 0.1) is 6.61 Å². The van der Waals surface area contributed by atoms with Crippen LogP contribution < -0.4 is 10.1 Å². The predicted molar refractivity (Wildman–Crippen MR) is 82.7 cm³/mol. The van der Waals surface area contributed by atoms with E-state index in [2.05, 4.69) is 37.4 Å². The molecule has 0 atom stereocenters. The molecule has 0 spiro atoms. The van der Waals surface area contributed by atoms with E-state index >= 15 is 0 Å². The van der Waals surface area contributed by atoms with Gasteiger partial charge in [0.25, 0.3) is 0 Å². The van der Waals surface area contributed by atoms with Crippen LogP contribution in [0.15, 0.2) is 24.3 Å². The molecule has 0 saturated heterocycles. The molecule has 0 amide bonds. The average Bonchev–Trinajstić information content (AvgIpc) is 2.43. The van der Waals surface area contributed by atoms with Crippen LogP contribution in [0.2, 0.25) is 0 Å². The van der Waals surface area contributed by atoms with E-state index < -0.39 is 0 Å². The molecule has 0 aromatic heterocycles. The first-order valence-corrected chi connectivity index (χ1v) is 7.79. The number of rotatable bonds is 11. The van der Waals surface area contributed by atoms with Crippen molar-refractivity contribution in [3.05, 3.63) is 29.8 Å². The van der Waals surface area contributed by atoms with Crippen molar-refractivity contribution in [1.82, 2.24) is 5.32 Å². The maximum Gasteiger partial charge on any atom is 0.119 e. The fraction of sp³-hybridized carbons (Fsp3) is 0.647. The summed E-state index contributed by atoms with van der Waals surface area (Å²) in [5, 5.41) is 3.50. The van der Waals surface area contributed by atoms with Crippen molar-refractivity contribution in [3.63, 3.8) is 0 Å². The summed E-state index contributed by atoms with van der Waals surface area (Å²) in [6, 6.07) is 8.43.